The largest absolute Gasteiger partial charge is 0.366 e. The van der Waals surface area contributed by atoms with Crippen LogP contribution in [0.3, 0.4) is 0 Å². The number of carbonyl (C=O) groups excluding carboxylic acids is 2. The van der Waals surface area contributed by atoms with Crippen LogP contribution in [0.25, 0.3) is 0 Å². The number of primary amides is 1. The Kier molecular flexibility index (Phi) is 3.64. The van der Waals surface area contributed by atoms with Crippen LogP contribution in [0.5, 0.6) is 0 Å². The van der Waals surface area contributed by atoms with Crippen molar-refractivity contribution in [2.24, 2.45) is 5.73 Å². The molecular formula is C12H9ClN2O2S. The summed E-state index contributed by atoms with van der Waals surface area (Å²) in [6, 6.07) is 8.24. The van der Waals surface area contributed by atoms with Gasteiger partial charge in [0.2, 0.25) is 0 Å². The Labute approximate surface area is 112 Å². The number of carbonyl (C=O) groups is 2. The number of rotatable bonds is 3. The standard InChI is InChI=1S/C12H9ClN2O2S/c13-9-4-2-1-3-7(9)11(17)15-12-8(10(14)16)5-6-18-12/h1-6H,(H2,14,16)(H,15,17). The van der Waals surface area contributed by atoms with Gasteiger partial charge < -0.3 is 11.1 Å². The summed E-state index contributed by atoms with van der Waals surface area (Å²) < 4.78 is 0. The molecule has 0 atom stereocenters. The monoisotopic (exact) mass is 280 g/mol. The van der Waals surface area contributed by atoms with Crippen LogP contribution in [0.2, 0.25) is 5.02 Å². The predicted octanol–water partition coefficient (Wildman–Crippen LogP) is 2.75. The van der Waals surface area contributed by atoms with Crippen molar-refractivity contribution in [1.82, 2.24) is 0 Å². The summed E-state index contributed by atoms with van der Waals surface area (Å²) in [5.41, 5.74) is 5.84. The molecule has 0 spiro atoms. The first-order valence-electron chi connectivity index (χ1n) is 5.03. The van der Waals surface area contributed by atoms with Gasteiger partial charge in [0, 0.05) is 0 Å². The molecule has 0 aliphatic heterocycles. The average molecular weight is 281 g/mol. The van der Waals surface area contributed by atoms with E-state index in [0.717, 1.165) is 0 Å². The second kappa shape index (κ2) is 5.20. The van der Waals surface area contributed by atoms with Crippen LogP contribution in [0, 0.1) is 0 Å². The van der Waals surface area contributed by atoms with Crippen LogP contribution in [0.15, 0.2) is 35.7 Å². The lowest BCUT2D eigenvalue weighted by atomic mass is 10.2. The van der Waals surface area contributed by atoms with Crippen LogP contribution in [-0.4, -0.2) is 11.8 Å². The number of halogens is 1. The van der Waals surface area contributed by atoms with Crippen LogP contribution >= 0.6 is 22.9 Å². The van der Waals surface area contributed by atoms with E-state index in [0.29, 0.717) is 21.2 Å². The molecule has 1 heterocycles. The zero-order chi connectivity index (χ0) is 13.1. The fourth-order valence-corrected chi connectivity index (χ4v) is 2.42. The molecule has 6 heteroatoms. The number of benzene rings is 1. The average Bonchev–Trinajstić information content (AvgIpc) is 2.77. The lowest BCUT2D eigenvalue weighted by Crippen LogP contribution is -2.16. The number of nitrogens with two attached hydrogens (primary N) is 1. The number of amides is 2. The first-order valence-corrected chi connectivity index (χ1v) is 6.28. The summed E-state index contributed by atoms with van der Waals surface area (Å²) in [5, 5.41) is 5.08. The fourth-order valence-electron chi connectivity index (χ4n) is 1.42. The number of thiophene rings is 1. The molecule has 0 bridgehead atoms. The van der Waals surface area contributed by atoms with Gasteiger partial charge >= 0.3 is 0 Å². The second-order valence-corrected chi connectivity index (χ2v) is 4.78. The fraction of sp³-hybridized carbons (Fsp3) is 0. The summed E-state index contributed by atoms with van der Waals surface area (Å²) >= 11 is 7.14. The van der Waals surface area contributed by atoms with Crippen LogP contribution in [-0.2, 0) is 0 Å². The van der Waals surface area contributed by atoms with Gasteiger partial charge in [-0.05, 0) is 23.6 Å². The van der Waals surface area contributed by atoms with Gasteiger partial charge in [0.25, 0.3) is 11.8 Å². The van der Waals surface area contributed by atoms with Gasteiger partial charge in [-0.25, -0.2) is 0 Å². The smallest absolute Gasteiger partial charge is 0.257 e. The molecule has 0 saturated carbocycles. The van der Waals surface area contributed by atoms with E-state index < -0.39 is 5.91 Å². The first-order chi connectivity index (χ1) is 8.59. The van der Waals surface area contributed by atoms with Crippen molar-refractivity contribution in [3.05, 3.63) is 51.9 Å². The molecule has 2 aromatic rings. The highest BCUT2D eigenvalue weighted by atomic mass is 35.5. The Morgan fingerprint density at radius 2 is 1.89 bits per heavy atom. The zero-order valence-corrected chi connectivity index (χ0v) is 10.7. The van der Waals surface area contributed by atoms with E-state index in [-0.39, 0.29) is 5.91 Å². The van der Waals surface area contributed by atoms with E-state index in [2.05, 4.69) is 5.32 Å². The molecule has 0 aliphatic rings. The highest BCUT2D eigenvalue weighted by molar-refractivity contribution is 7.14. The number of hydrogen-bond acceptors (Lipinski definition) is 3. The Balaban J connectivity index is 2.25. The topological polar surface area (TPSA) is 72.2 Å². The van der Waals surface area contributed by atoms with Crippen LogP contribution in [0.4, 0.5) is 5.00 Å². The zero-order valence-electron chi connectivity index (χ0n) is 9.14. The quantitative estimate of drug-likeness (QED) is 0.907. The molecule has 0 aliphatic carbocycles. The van der Waals surface area contributed by atoms with Gasteiger partial charge in [0.15, 0.2) is 0 Å². The van der Waals surface area contributed by atoms with Crippen molar-refractivity contribution in [3.63, 3.8) is 0 Å². The molecule has 18 heavy (non-hydrogen) atoms. The highest BCUT2D eigenvalue weighted by Gasteiger charge is 2.15. The third-order valence-electron chi connectivity index (χ3n) is 2.28. The van der Waals surface area contributed by atoms with E-state index in [9.17, 15) is 9.59 Å². The Morgan fingerprint density at radius 3 is 2.56 bits per heavy atom. The Morgan fingerprint density at radius 1 is 1.17 bits per heavy atom. The molecule has 0 saturated heterocycles. The lowest BCUT2D eigenvalue weighted by molar-refractivity contribution is 0.100. The Bertz CT molecular complexity index is 610. The summed E-state index contributed by atoms with van der Waals surface area (Å²) in [6.45, 7) is 0. The van der Waals surface area contributed by atoms with Gasteiger partial charge in [-0.2, -0.15) is 0 Å². The highest BCUT2D eigenvalue weighted by Crippen LogP contribution is 2.24. The maximum atomic E-state index is 12.0. The van der Waals surface area contributed by atoms with Gasteiger partial charge in [0.05, 0.1) is 16.1 Å². The van der Waals surface area contributed by atoms with Crippen molar-refractivity contribution in [3.8, 4) is 0 Å². The van der Waals surface area contributed by atoms with Crippen LogP contribution in [0.1, 0.15) is 20.7 Å². The molecule has 1 aromatic carbocycles. The van der Waals surface area contributed by atoms with Crippen molar-refractivity contribution in [2.45, 2.75) is 0 Å². The number of nitrogens with one attached hydrogen (secondary N) is 1. The maximum absolute atomic E-state index is 12.0. The normalized spacial score (nSPS) is 10.1. The van der Waals surface area contributed by atoms with Crippen molar-refractivity contribution >= 4 is 39.8 Å². The third kappa shape index (κ3) is 2.52. The molecule has 4 nitrogen and oxygen atoms in total. The molecule has 0 unspecified atom stereocenters. The van der Waals surface area contributed by atoms with E-state index in [1.54, 1.807) is 35.7 Å². The molecule has 3 N–H and O–H groups in total. The second-order valence-electron chi connectivity index (χ2n) is 3.46. The molecule has 1 aromatic heterocycles. The molecular weight excluding hydrogens is 272 g/mol. The summed E-state index contributed by atoms with van der Waals surface area (Å²) in [5.74, 6) is -0.948. The molecule has 0 radical (unpaired) electrons. The van der Waals surface area contributed by atoms with Crippen LogP contribution < -0.4 is 11.1 Å². The minimum atomic E-state index is -0.578. The lowest BCUT2D eigenvalue weighted by Gasteiger charge is -2.05. The van der Waals surface area contributed by atoms with E-state index in [1.165, 1.54) is 11.3 Å². The molecule has 2 amide bonds. The third-order valence-corrected chi connectivity index (χ3v) is 3.44. The number of anilines is 1. The first kappa shape index (κ1) is 12.6. The minimum absolute atomic E-state index is 0.292. The summed E-state index contributed by atoms with van der Waals surface area (Å²) in [7, 11) is 0. The van der Waals surface area contributed by atoms with Gasteiger partial charge in [-0.1, -0.05) is 23.7 Å². The maximum Gasteiger partial charge on any atom is 0.257 e. The summed E-state index contributed by atoms with van der Waals surface area (Å²) in [6.07, 6.45) is 0. The SMILES string of the molecule is NC(=O)c1ccsc1NC(=O)c1ccccc1Cl. The summed E-state index contributed by atoms with van der Waals surface area (Å²) in [4.78, 5) is 23.1. The van der Waals surface area contributed by atoms with Crippen molar-refractivity contribution in [2.75, 3.05) is 5.32 Å². The van der Waals surface area contributed by atoms with Gasteiger partial charge in [0.1, 0.15) is 5.00 Å². The molecule has 0 fully saturated rings. The van der Waals surface area contributed by atoms with E-state index >= 15 is 0 Å². The predicted molar refractivity (Wildman–Crippen MR) is 72.2 cm³/mol. The van der Waals surface area contributed by atoms with Crippen molar-refractivity contribution in [1.29, 1.82) is 0 Å². The molecule has 92 valence electrons. The van der Waals surface area contributed by atoms with E-state index in [1.807, 2.05) is 0 Å². The van der Waals surface area contributed by atoms with E-state index in [4.69, 9.17) is 17.3 Å². The van der Waals surface area contributed by atoms with Crippen molar-refractivity contribution < 1.29 is 9.59 Å². The number of hydrogen-bond donors (Lipinski definition) is 2. The van der Waals surface area contributed by atoms with Gasteiger partial charge in [-0.3, -0.25) is 9.59 Å². The van der Waals surface area contributed by atoms with Gasteiger partial charge in [-0.15, -0.1) is 11.3 Å². The molecule has 2 rings (SSSR count). The Hall–Kier alpha value is -1.85. The minimum Gasteiger partial charge on any atom is -0.366 e.